The van der Waals surface area contributed by atoms with E-state index >= 15 is 0 Å². The Hall–Kier alpha value is -2.82. The molecular weight excluding hydrogens is 312 g/mol. The van der Waals surface area contributed by atoms with Gasteiger partial charge in [0.1, 0.15) is 5.82 Å². The standard InChI is InChI=1S/C20H22N4O/c1-14-6-5-9-18-16(14)10-12-24(18)20(25)21-11-13-23-15(2)22-17-7-3-4-8-19(17)23/h3-9H,10-13H2,1-2H3,(H,21,25). The number of aryl methyl sites for hydroxylation is 2. The van der Waals surface area contributed by atoms with E-state index in [-0.39, 0.29) is 6.03 Å². The highest BCUT2D eigenvalue weighted by atomic mass is 16.2. The average molecular weight is 334 g/mol. The van der Waals surface area contributed by atoms with Crippen LogP contribution in [0.4, 0.5) is 10.5 Å². The summed E-state index contributed by atoms with van der Waals surface area (Å²) in [6, 6.07) is 14.2. The number of rotatable bonds is 3. The number of carbonyl (C=O) groups excluding carboxylic acids is 1. The lowest BCUT2D eigenvalue weighted by atomic mass is 10.1. The van der Waals surface area contributed by atoms with Crippen LogP contribution < -0.4 is 10.2 Å². The van der Waals surface area contributed by atoms with Crippen molar-refractivity contribution >= 4 is 22.8 Å². The molecule has 2 amide bonds. The van der Waals surface area contributed by atoms with E-state index < -0.39 is 0 Å². The Morgan fingerprint density at radius 2 is 2.00 bits per heavy atom. The van der Waals surface area contributed by atoms with Gasteiger partial charge in [0.2, 0.25) is 0 Å². The maximum atomic E-state index is 12.6. The molecule has 128 valence electrons. The van der Waals surface area contributed by atoms with Crippen molar-refractivity contribution in [1.82, 2.24) is 14.9 Å². The molecule has 1 aliphatic rings. The summed E-state index contributed by atoms with van der Waals surface area (Å²) in [6.45, 7) is 6.15. The number of nitrogens with one attached hydrogen (secondary N) is 1. The van der Waals surface area contributed by atoms with Crippen LogP contribution in [0.1, 0.15) is 17.0 Å². The fraction of sp³-hybridized carbons (Fsp3) is 0.300. The average Bonchev–Trinajstić information content (AvgIpc) is 3.17. The van der Waals surface area contributed by atoms with Gasteiger partial charge >= 0.3 is 6.03 Å². The summed E-state index contributed by atoms with van der Waals surface area (Å²) < 4.78 is 2.15. The number of hydrogen-bond acceptors (Lipinski definition) is 2. The smallest absolute Gasteiger partial charge is 0.321 e. The number of urea groups is 1. The largest absolute Gasteiger partial charge is 0.336 e. The van der Waals surface area contributed by atoms with Gasteiger partial charge < -0.3 is 9.88 Å². The third-order valence-corrected chi connectivity index (χ3v) is 4.96. The first kappa shape index (κ1) is 15.7. The van der Waals surface area contributed by atoms with Gasteiger partial charge in [-0.25, -0.2) is 9.78 Å². The van der Waals surface area contributed by atoms with Crippen LogP contribution >= 0.6 is 0 Å². The van der Waals surface area contributed by atoms with Gasteiger partial charge in [-0.1, -0.05) is 24.3 Å². The predicted octanol–water partition coefficient (Wildman–Crippen LogP) is 3.43. The van der Waals surface area contributed by atoms with Crippen LogP contribution in [0.3, 0.4) is 0 Å². The van der Waals surface area contributed by atoms with Crippen molar-refractivity contribution in [2.45, 2.75) is 26.8 Å². The minimum Gasteiger partial charge on any atom is -0.336 e. The summed E-state index contributed by atoms with van der Waals surface area (Å²) in [5.74, 6) is 0.970. The molecule has 5 heteroatoms. The molecule has 2 aromatic carbocycles. The van der Waals surface area contributed by atoms with Crippen molar-refractivity contribution in [2.24, 2.45) is 0 Å². The summed E-state index contributed by atoms with van der Waals surface area (Å²) in [7, 11) is 0. The lowest BCUT2D eigenvalue weighted by molar-refractivity contribution is 0.246. The molecule has 1 N–H and O–H groups in total. The maximum absolute atomic E-state index is 12.6. The number of carbonyl (C=O) groups is 1. The predicted molar refractivity (Wildman–Crippen MR) is 100 cm³/mol. The van der Waals surface area contributed by atoms with Gasteiger partial charge in [0.25, 0.3) is 0 Å². The number of nitrogens with zero attached hydrogens (tertiary/aromatic N) is 3. The molecule has 0 bridgehead atoms. The van der Waals surface area contributed by atoms with Gasteiger partial charge in [0, 0.05) is 25.3 Å². The van der Waals surface area contributed by atoms with Gasteiger partial charge in [-0.2, -0.15) is 0 Å². The number of anilines is 1. The highest BCUT2D eigenvalue weighted by Gasteiger charge is 2.25. The molecular formula is C20H22N4O. The molecule has 5 nitrogen and oxygen atoms in total. The molecule has 0 saturated carbocycles. The van der Waals surface area contributed by atoms with Crippen LogP contribution in [0.5, 0.6) is 0 Å². The van der Waals surface area contributed by atoms with Crippen LogP contribution in [-0.2, 0) is 13.0 Å². The van der Waals surface area contributed by atoms with E-state index in [9.17, 15) is 4.79 Å². The molecule has 0 radical (unpaired) electrons. The van der Waals surface area contributed by atoms with Gasteiger partial charge in [-0.3, -0.25) is 4.90 Å². The number of hydrogen-bond donors (Lipinski definition) is 1. The van der Waals surface area contributed by atoms with Gasteiger partial charge in [-0.05, 0) is 49.6 Å². The van der Waals surface area contributed by atoms with E-state index in [0.29, 0.717) is 13.1 Å². The summed E-state index contributed by atoms with van der Waals surface area (Å²) in [5.41, 5.74) is 5.69. The van der Waals surface area contributed by atoms with Crippen molar-refractivity contribution in [3.63, 3.8) is 0 Å². The number of aromatic nitrogens is 2. The van der Waals surface area contributed by atoms with E-state index in [4.69, 9.17) is 0 Å². The fourth-order valence-electron chi connectivity index (χ4n) is 3.67. The summed E-state index contributed by atoms with van der Waals surface area (Å²) in [5, 5.41) is 3.05. The van der Waals surface area contributed by atoms with Crippen LogP contribution in [-0.4, -0.2) is 28.7 Å². The summed E-state index contributed by atoms with van der Waals surface area (Å²) in [6.07, 6.45) is 0.931. The molecule has 25 heavy (non-hydrogen) atoms. The van der Waals surface area contributed by atoms with Crippen molar-refractivity contribution < 1.29 is 4.79 Å². The van der Waals surface area contributed by atoms with Crippen LogP contribution in [0, 0.1) is 13.8 Å². The van der Waals surface area contributed by atoms with E-state index in [0.717, 1.165) is 35.5 Å². The summed E-state index contributed by atoms with van der Waals surface area (Å²) >= 11 is 0. The number of amides is 2. The number of fused-ring (bicyclic) bond motifs is 2. The first-order chi connectivity index (χ1) is 12.1. The Balaban J connectivity index is 1.44. The van der Waals surface area contributed by atoms with E-state index in [1.54, 1.807) is 0 Å². The molecule has 3 aromatic rings. The van der Waals surface area contributed by atoms with Crippen LogP contribution in [0.25, 0.3) is 11.0 Å². The third kappa shape index (κ3) is 2.76. The Bertz CT molecular complexity index is 944. The highest BCUT2D eigenvalue weighted by molar-refractivity contribution is 5.94. The minimum absolute atomic E-state index is 0.0218. The maximum Gasteiger partial charge on any atom is 0.321 e. The summed E-state index contributed by atoms with van der Waals surface area (Å²) in [4.78, 5) is 19.0. The third-order valence-electron chi connectivity index (χ3n) is 4.96. The van der Waals surface area contributed by atoms with Gasteiger partial charge in [0.15, 0.2) is 0 Å². The zero-order valence-corrected chi connectivity index (χ0v) is 14.6. The monoisotopic (exact) mass is 334 g/mol. The second-order valence-electron chi connectivity index (χ2n) is 6.51. The molecule has 0 saturated heterocycles. The van der Waals surface area contributed by atoms with Crippen LogP contribution in [0.2, 0.25) is 0 Å². The Kier molecular flexibility index (Phi) is 3.92. The molecule has 2 heterocycles. The zero-order chi connectivity index (χ0) is 17.4. The van der Waals surface area contributed by atoms with Gasteiger partial charge in [-0.15, -0.1) is 0 Å². The highest BCUT2D eigenvalue weighted by Crippen LogP contribution is 2.30. The molecule has 0 atom stereocenters. The van der Waals surface area contributed by atoms with E-state index in [2.05, 4.69) is 33.9 Å². The number of imidazole rings is 1. The molecule has 0 spiro atoms. The van der Waals surface area contributed by atoms with E-state index in [1.807, 2.05) is 42.2 Å². The van der Waals surface area contributed by atoms with Crippen molar-refractivity contribution in [3.8, 4) is 0 Å². The Morgan fingerprint density at radius 1 is 1.16 bits per heavy atom. The van der Waals surface area contributed by atoms with E-state index in [1.165, 1.54) is 11.1 Å². The molecule has 1 aromatic heterocycles. The van der Waals surface area contributed by atoms with Crippen molar-refractivity contribution in [1.29, 1.82) is 0 Å². The molecule has 0 fully saturated rings. The van der Waals surface area contributed by atoms with Crippen LogP contribution in [0.15, 0.2) is 42.5 Å². The fourth-order valence-corrected chi connectivity index (χ4v) is 3.67. The van der Waals surface area contributed by atoms with Crippen molar-refractivity contribution in [2.75, 3.05) is 18.0 Å². The SMILES string of the molecule is Cc1cccc2c1CCN2C(=O)NCCn1c(C)nc2ccccc21. The second kappa shape index (κ2) is 6.24. The Labute approximate surface area is 147 Å². The first-order valence-electron chi connectivity index (χ1n) is 8.71. The molecule has 4 rings (SSSR count). The quantitative estimate of drug-likeness (QED) is 0.798. The first-order valence-corrected chi connectivity index (χ1v) is 8.71. The minimum atomic E-state index is -0.0218. The molecule has 0 unspecified atom stereocenters. The second-order valence-corrected chi connectivity index (χ2v) is 6.51. The Morgan fingerprint density at radius 3 is 2.88 bits per heavy atom. The normalized spacial score (nSPS) is 13.3. The lowest BCUT2D eigenvalue weighted by Gasteiger charge is -2.18. The topological polar surface area (TPSA) is 50.2 Å². The number of benzene rings is 2. The van der Waals surface area contributed by atoms with Crippen molar-refractivity contribution in [3.05, 3.63) is 59.4 Å². The zero-order valence-electron chi connectivity index (χ0n) is 14.6. The lowest BCUT2D eigenvalue weighted by Crippen LogP contribution is -2.40. The number of para-hydroxylation sites is 2. The molecule has 1 aliphatic heterocycles. The molecule has 0 aliphatic carbocycles. The van der Waals surface area contributed by atoms with Gasteiger partial charge in [0.05, 0.1) is 11.0 Å².